The SMILES string of the molecule is COCCOCCCNC(C(=O)OC)c1ccccc1. The number of methoxy groups -OCH3 is 2. The fourth-order valence-electron chi connectivity index (χ4n) is 1.77. The van der Waals surface area contributed by atoms with Crippen LogP contribution in [0.15, 0.2) is 30.3 Å². The highest BCUT2D eigenvalue weighted by Crippen LogP contribution is 2.13. The van der Waals surface area contributed by atoms with Crippen molar-refractivity contribution in [2.45, 2.75) is 12.5 Å². The molecule has 112 valence electrons. The summed E-state index contributed by atoms with van der Waals surface area (Å²) in [6.45, 7) is 2.51. The average molecular weight is 281 g/mol. The molecule has 0 saturated carbocycles. The van der Waals surface area contributed by atoms with Gasteiger partial charge in [0.2, 0.25) is 0 Å². The maximum absolute atomic E-state index is 11.8. The molecule has 1 aromatic carbocycles. The molecule has 1 N–H and O–H groups in total. The topological polar surface area (TPSA) is 56.8 Å². The molecular formula is C15H23NO4. The van der Waals surface area contributed by atoms with Crippen LogP contribution in [0.25, 0.3) is 0 Å². The molecule has 1 atom stereocenters. The van der Waals surface area contributed by atoms with Gasteiger partial charge in [0.05, 0.1) is 20.3 Å². The Morgan fingerprint density at radius 2 is 1.90 bits per heavy atom. The minimum Gasteiger partial charge on any atom is -0.468 e. The number of nitrogens with one attached hydrogen (secondary N) is 1. The second-order valence-electron chi connectivity index (χ2n) is 4.28. The molecule has 0 fully saturated rings. The number of ether oxygens (including phenoxy) is 3. The Labute approximate surface area is 120 Å². The third-order valence-corrected chi connectivity index (χ3v) is 2.82. The molecule has 20 heavy (non-hydrogen) atoms. The van der Waals surface area contributed by atoms with Crippen LogP contribution in [0.5, 0.6) is 0 Å². The van der Waals surface area contributed by atoms with Crippen molar-refractivity contribution in [2.75, 3.05) is 40.6 Å². The summed E-state index contributed by atoms with van der Waals surface area (Å²) >= 11 is 0. The summed E-state index contributed by atoms with van der Waals surface area (Å²) in [6.07, 6.45) is 0.823. The number of rotatable bonds is 10. The van der Waals surface area contributed by atoms with Crippen LogP contribution in [-0.4, -0.2) is 46.6 Å². The molecule has 5 heteroatoms. The third-order valence-electron chi connectivity index (χ3n) is 2.82. The normalized spacial score (nSPS) is 12.1. The van der Waals surface area contributed by atoms with E-state index in [4.69, 9.17) is 14.2 Å². The van der Waals surface area contributed by atoms with Crippen molar-refractivity contribution in [2.24, 2.45) is 0 Å². The number of esters is 1. The standard InChI is InChI=1S/C15H23NO4/c1-18-11-12-20-10-6-9-16-14(15(17)19-2)13-7-4-3-5-8-13/h3-5,7-8,14,16H,6,9-12H2,1-2H3. The Kier molecular flexibility index (Phi) is 8.62. The third kappa shape index (κ3) is 6.14. The van der Waals surface area contributed by atoms with Gasteiger partial charge in [-0.1, -0.05) is 30.3 Å². The summed E-state index contributed by atoms with van der Waals surface area (Å²) in [4.78, 5) is 11.8. The van der Waals surface area contributed by atoms with Crippen LogP contribution in [0.3, 0.4) is 0 Å². The molecule has 0 saturated heterocycles. The van der Waals surface area contributed by atoms with Gasteiger partial charge in [0.25, 0.3) is 0 Å². The van der Waals surface area contributed by atoms with Gasteiger partial charge < -0.3 is 19.5 Å². The highest BCUT2D eigenvalue weighted by Gasteiger charge is 2.19. The van der Waals surface area contributed by atoms with Crippen molar-refractivity contribution in [3.8, 4) is 0 Å². The molecule has 1 unspecified atom stereocenters. The predicted molar refractivity (Wildman–Crippen MR) is 76.5 cm³/mol. The lowest BCUT2D eigenvalue weighted by atomic mass is 10.1. The van der Waals surface area contributed by atoms with Crippen LogP contribution >= 0.6 is 0 Å². The monoisotopic (exact) mass is 281 g/mol. The Morgan fingerprint density at radius 3 is 2.55 bits per heavy atom. The van der Waals surface area contributed by atoms with E-state index in [1.54, 1.807) is 7.11 Å². The first-order valence-electron chi connectivity index (χ1n) is 6.72. The van der Waals surface area contributed by atoms with Crippen LogP contribution in [0.2, 0.25) is 0 Å². The molecular weight excluding hydrogens is 258 g/mol. The van der Waals surface area contributed by atoms with E-state index < -0.39 is 6.04 Å². The van der Waals surface area contributed by atoms with E-state index in [-0.39, 0.29) is 5.97 Å². The van der Waals surface area contributed by atoms with Crippen LogP contribution in [0.1, 0.15) is 18.0 Å². The van der Waals surface area contributed by atoms with Crippen LogP contribution in [0, 0.1) is 0 Å². The molecule has 5 nitrogen and oxygen atoms in total. The Hall–Kier alpha value is -1.43. The van der Waals surface area contributed by atoms with Crippen molar-refractivity contribution in [1.29, 1.82) is 0 Å². The summed E-state index contributed by atoms with van der Waals surface area (Å²) in [5.41, 5.74) is 0.902. The predicted octanol–water partition coefficient (Wildman–Crippen LogP) is 1.54. The van der Waals surface area contributed by atoms with Crippen molar-refractivity contribution in [3.63, 3.8) is 0 Å². The molecule has 0 aliphatic rings. The molecule has 0 aromatic heterocycles. The largest absolute Gasteiger partial charge is 0.468 e. The zero-order valence-electron chi connectivity index (χ0n) is 12.1. The van der Waals surface area contributed by atoms with Crippen LogP contribution < -0.4 is 5.32 Å². The van der Waals surface area contributed by atoms with E-state index in [0.29, 0.717) is 26.4 Å². The number of carbonyl (C=O) groups excluding carboxylic acids is 1. The smallest absolute Gasteiger partial charge is 0.327 e. The highest BCUT2D eigenvalue weighted by atomic mass is 16.5. The van der Waals surface area contributed by atoms with Gasteiger partial charge in [-0.2, -0.15) is 0 Å². The van der Waals surface area contributed by atoms with E-state index in [9.17, 15) is 4.79 Å². The van der Waals surface area contributed by atoms with Crippen molar-refractivity contribution in [1.82, 2.24) is 5.32 Å². The fourth-order valence-corrected chi connectivity index (χ4v) is 1.77. The Balaban J connectivity index is 2.34. The van der Waals surface area contributed by atoms with Crippen molar-refractivity contribution in [3.05, 3.63) is 35.9 Å². The molecule has 0 bridgehead atoms. The van der Waals surface area contributed by atoms with E-state index in [1.165, 1.54) is 7.11 Å². The Bertz CT molecular complexity index is 369. The highest BCUT2D eigenvalue weighted by molar-refractivity contribution is 5.77. The van der Waals surface area contributed by atoms with Gasteiger partial charge in [-0.15, -0.1) is 0 Å². The summed E-state index contributed by atoms with van der Waals surface area (Å²) in [5.74, 6) is -0.281. The summed E-state index contributed by atoms with van der Waals surface area (Å²) in [7, 11) is 3.04. The summed E-state index contributed by atoms with van der Waals surface area (Å²) < 4.78 is 15.1. The number of carbonyl (C=O) groups is 1. The molecule has 0 radical (unpaired) electrons. The van der Waals surface area contributed by atoms with E-state index >= 15 is 0 Å². The summed E-state index contributed by atoms with van der Waals surface area (Å²) in [6, 6.07) is 9.11. The van der Waals surface area contributed by atoms with Crippen LogP contribution in [-0.2, 0) is 19.0 Å². The maximum Gasteiger partial charge on any atom is 0.327 e. The molecule has 0 heterocycles. The summed E-state index contributed by atoms with van der Waals surface area (Å²) in [5, 5.41) is 3.19. The number of hydrogen-bond donors (Lipinski definition) is 1. The van der Waals surface area contributed by atoms with E-state index in [1.807, 2.05) is 30.3 Å². The van der Waals surface area contributed by atoms with Gasteiger partial charge in [0.1, 0.15) is 6.04 Å². The van der Waals surface area contributed by atoms with Gasteiger partial charge in [0.15, 0.2) is 0 Å². The lowest BCUT2D eigenvalue weighted by Crippen LogP contribution is -2.30. The van der Waals surface area contributed by atoms with Gasteiger partial charge >= 0.3 is 5.97 Å². The second-order valence-corrected chi connectivity index (χ2v) is 4.28. The average Bonchev–Trinajstić information content (AvgIpc) is 2.50. The van der Waals surface area contributed by atoms with Crippen LogP contribution in [0.4, 0.5) is 0 Å². The van der Waals surface area contributed by atoms with Crippen molar-refractivity contribution < 1.29 is 19.0 Å². The first kappa shape index (κ1) is 16.6. The zero-order chi connectivity index (χ0) is 14.6. The molecule has 1 aromatic rings. The molecule has 0 aliphatic carbocycles. The molecule has 0 aliphatic heterocycles. The van der Waals surface area contributed by atoms with Crippen molar-refractivity contribution >= 4 is 5.97 Å². The number of benzene rings is 1. The van der Waals surface area contributed by atoms with Gasteiger partial charge in [-0.3, -0.25) is 0 Å². The maximum atomic E-state index is 11.8. The second kappa shape index (κ2) is 10.4. The molecule has 0 spiro atoms. The zero-order valence-corrected chi connectivity index (χ0v) is 12.1. The number of hydrogen-bond acceptors (Lipinski definition) is 5. The first-order valence-corrected chi connectivity index (χ1v) is 6.72. The van der Waals surface area contributed by atoms with E-state index in [2.05, 4.69) is 5.32 Å². The lowest BCUT2D eigenvalue weighted by Gasteiger charge is -2.16. The minimum atomic E-state index is -0.430. The first-order chi connectivity index (χ1) is 9.79. The molecule has 1 rings (SSSR count). The minimum absolute atomic E-state index is 0.281. The fraction of sp³-hybridized carbons (Fsp3) is 0.533. The van der Waals surface area contributed by atoms with Gasteiger partial charge in [-0.25, -0.2) is 4.79 Å². The van der Waals surface area contributed by atoms with Gasteiger partial charge in [0, 0.05) is 13.7 Å². The lowest BCUT2D eigenvalue weighted by molar-refractivity contribution is -0.143. The molecule has 0 amide bonds. The van der Waals surface area contributed by atoms with Gasteiger partial charge in [-0.05, 0) is 18.5 Å². The quantitative estimate of drug-likeness (QED) is 0.521. The Morgan fingerprint density at radius 1 is 1.15 bits per heavy atom. The van der Waals surface area contributed by atoms with E-state index in [0.717, 1.165) is 12.0 Å².